The van der Waals surface area contributed by atoms with E-state index in [1.54, 1.807) is 37.4 Å². The Morgan fingerprint density at radius 1 is 0.971 bits per heavy atom. The lowest BCUT2D eigenvalue weighted by atomic mass is 9.93. The second-order valence-electron chi connectivity index (χ2n) is 9.16. The standard InChI is InChI=1S/C29H29NO5/c1-16(2)22-15-20(10-13-24(22)35-5)27(32)25-26(19-8-11-21(31)12-9-19)30(29(34)28(25)33)23-14-17(3)6-7-18(23)4/h6-16,26,31-32H,1-5H3/b27-25-. The zero-order valence-corrected chi connectivity index (χ0v) is 20.5. The number of nitrogens with zero attached hydrogens (tertiary/aromatic N) is 1. The minimum absolute atomic E-state index is 0.00136. The van der Waals surface area contributed by atoms with E-state index in [1.165, 1.54) is 17.0 Å². The number of methoxy groups -OCH3 is 1. The number of rotatable bonds is 5. The van der Waals surface area contributed by atoms with Gasteiger partial charge in [0.15, 0.2) is 0 Å². The molecule has 0 aromatic heterocycles. The van der Waals surface area contributed by atoms with Gasteiger partial charge in [-0.3, -0.25) is 14.5 Å². The highest BCUT2D eigenvalue weighted by molar-refractivity contribution is 6.51. The van der Waals surface area contributed by atoms with Crippen LogP contribution in [0.3, 0.4) is 0 Å². The number of aliphatic hydroxyl groups is 1. The van der Waals surface area contributed by atoms with Crippen molar-refractivity contribution in [2.24, 2.45) is 0 Å². The number of aryl methyl sites for hydroxylation is 2. The number of ether oxygens (including phenoxy) is 1. The van der Waals surface area contributed by atoms with Gasteiger partial charge in [-0.1, -0.05) is 38.1 Å². The number of phenolic OH excluding ortho intramolecular Hbond substituents is 1. The van der Waals surface area contributed by atoms with Crippen LogP contribution in [0.5, 0.6) is 11.5 Å². The number of aliphatic hydroxyl groups excluding tert-OH is 1. The molecule has 3 aromatic rings. The number of carbonyl (C=O) groups is 2. The van der Waals surface area contributed by atoms with Crippen molar-refractivity contribution in [1.82, 2.24) is 0 Å². The summed E-state index contributed by atoms with van der Waals surface area (Å²) in [5.41, 5.74) is 4.27. The Balaban J connectivity index is 1.97. The van der Waals surface area contributed by atoms with Crippen LogP contribution in [0.2, 0.25) is 0 Å². The fourth-order valence-corrected chi connectivity index (χ4v) is 4.52. The first-order valence-electron chi connectivity index (χ1n) is 11.5. The molecular weight excluding hydrogens is 442 g/mol. The van der Waals surface area contributed by atoms with Crippen molar-refractivity contribution in [1.29, 1.82) is 0 Å². The Labute approximate surface area is 205 Å². The minimum atomic E-state index is -0.860. The second-order valence-corrected chi connectivity index (χ2v) is 9.16. The molecule has 1 heterocycles. The highest BCUT2D eigenvalue weighted by Gasteiger charge is 2.47. The molecule has 180 valence electrons. The summed E-state index contributed by atoms with van der Waals surface area (Å²) in [6.45, 7) is 7.81. The summed E-state index contributed by atoms with van der Waals surface area (Å²) < 4.78 is 5.46. The molecule has 4 rings (SSSR count). The molecule has 1 saturated heterocycles. The van der Waals surface area contributed by atoms with E-state index in [4.69, 9.17) is 4.74 Å². The average molecular weight is 472 g/mol. The van der Waals surface area contributed by atoms with Gasteiger partial charge in [-0.15, -0.1) is 0 Å². The largest absolute Gasteiger partial charge is 0.508 e. The molecule has 0 bridgehead atoms. The van der Waals surface area contributed by atoms with Gasteiger partial charge in [0.2, 0.25) is 0 Å². The van der Waals surface area contributed by atoms with Crippen molar-refractivity contribution in [2.45, 2.75) is 39.7 Å². The van der Waals surface area contributed by atoms with Crippen LogP contribution in [-0.4, -0.2) is 29.0 Å². The quantitative estimate of drug-likeness (QED) is 0.280. The molecule has 1 fully saturated rings. The molecule has 6 nitrogen and oxygen atoms in total. The summed E-state index contributed by atoms with van der Waals surface area (Å²) in [5, 5.41) is 21.3. The van der Waals surface area contributed by atoms with Gasteiger partial charge in [-0.05, 0) is 78.4 Å². The first-order chi connectivity index (χ1) is 16.6. The zero-order valence-electron chi connectivity index (χ0n) is 20.5. The van der Waals surface area contributed by atoms with Crippen molar-refractivity contribution in [2.75, 3.05) is 12.0 Å². The maximum Gasteiger partial charge on any atom is 0.300 e. The van der Waals surface area contributed by atoms with Gasteiger partial charge >= 0.3 is 0 Å². The number of benzene rings is 3. The van der Waals surface area contributed by atoms with Crippen molar-refractivity contribution >= 4 is 23.1 Å². The monoisotopic (exact) mass is 471 g/mol. The van der Waals surface area contributed by atoms with E-state index in [0.29, 0.717) is 22.6 Å². The predicted molar refractivity (Wildman–Crippen MR) is 136 cm³/mol. The molecule has 3 aromatic carbocycles. The first kappa shape index (κ1) is 24.1. The Bertz CT molecular complexity index is 1340. The van der Waals surface area contributed by atoms with Crippen LogP contribution in [-0.2, 0) is 9.59 Å². The van der Waals surface area contributed by atoms with Crippen molar-refractivity contribution < 1.29 is 24.5 Å². The summed E-state index contributed by atoms with van der Waals surface area (Å²) in [7, 11) is 1.58. The molecule has 2 N–H and O–H groups in total. The van der Waals surface area contributed by atoms with Crippen LogP contribution in [0.1, 0.15) is 53.6 Å². The van der Waals surface area contributed by atoms with Crippen LogP contribution < -0.4 is 9.64 Å². The molecule has 1 atom stereocenters. The van der Waals surface area contributed by atoms with Gasteiger partial charge in [-0.2, -0.15) is 0 Å². The van der Waals surface area contributed by atoms with E-state index < -0.39 is 17.7 Å². The van der Waals surface area contributed by atoms with E-state index in [1.807, 2.05) is 45.9 Å². The lowest BCUT2D eigenvalue weighted by molar-refractivity contribution is -0.132. The highest BCUT2D eigenvalue weighted by atomic mass is 16.5. The summed E-state index contributed by atoms with van der Waals surface area (Å²) in [5.74, 6) is -0.863. The number of ketones is 1. The predicted octanol–water partition coefficient (Wildman–Crippen LogP) is 5.77. The number of carbonyl (C=O) groups excluding carboxylic acids is 2. The molecule has 1 amide bonds. The van der Waals surface area contributed by atoms with Crippen LogP contribution in [0, 0.1) is 13.8 Å². The van der Waals surface area contributed by atoms with Gasteiger partial charge in [-0.25, -0.2) is 0 Å². The Hall–Kier alpha value is -4.06. The number of hydrogen-bond donors (Lipinski definition) is 2. The molecule has 0 radical (unpaired) electrons. The Morgan fingerprint density at radius 2 is 1.66 bits per heavy atom. The topological polar surface area (TPSA) is 87.1 Å². The molecule has 1 aliphatic heterocycles. The third kappa shape index (κ3) is 4.28. The second kappa shape index (κ2) is 9.29. The number of anilines is 1. The summed E-state index contributed by atoms with van der Waals surface area (Å²) >= 11 is 0. The van der Waals surface area contributed by atoms with Crippen LogP contribution in [0.25, 0.3) is 5.76 Å². The van der Waals surface area contributed by atoms with E-state index in [9.17, 15) is 19.8 Å². The summed E-state index contributed by atoms with van der Waals surface area (Å²) in [6, 6.07) is 16.4. The Kier molecular flexibility index (Phi) is 6.39. The third-order valence-electron chi connectivity index (χ3n) is 6.40. The summed E-state index contributed by atoms with van der Waals surface area (Å²) in [6.07, 6.45) is 0. The number of hydrogen-bond acceptors (Lipinski definition) is 5. The maximum absolute atomic E-state index is 13.4. The van der Waals surface area contributed by atoms with Crippen molar-refractivity contribution in [3.05, 3.63) is 94.1 Å². The van der Waals surface area contributed by atoms with Gasteiger partial charge in [0, 0.05) is 11.3 Å². The number of amides is 1. The van der Waals surface area contributed by atoms with E-state index in [0.717, 1.165) is 16.7 Å². The summed E-state index contributed by atoms with van der Waals surface area (Å²) in [4.78, 5) is 28.3. The molecule has 0 spiro atoms. The molecular formula is C29H29NO5. The van der Waals surface area contributed by atoms with Crippen LogP contribution in [0.15, 0.2) is 66.2 Å². The SMILES string of the molecule is COc1ccc(/C(O)=C2/C(=O)C(=O)N(c3cc(C)ccc3C)C2c2ccc(O)cc2)cc1C(C)C. The molecule has 0 saturated carbocycles. The smallest absolute Gasteiger partial charge is 0.300 e. The molecule has 0 aliphatic carbocycles. The van der Waals surface area contributed by atoms with Crippen molar-refractivity contribution in [3.63, 3.8) is 0 Å². The highest BCUT2D eigenvalue weighted by Crippen LogP contribution is 2.44. The van der Waals surface area contributed by atoms with Gasteiger partial charge in [0.1, 0.15) is 17.3 Å². The minimum Gasteiger partial charge on any atom is -0.508 e. The lowest BCUT2D eigenvalue weighted by Crippen LogP contribution is -2.30. The fraction of sp³-hybridized carbons (Fsp3) is 0.241. The maximum atomic E-state index is 13.4. The first-order valence-corrected chi connectivity index (χ1v) is 11.5. The van der Waals surface area contributed by atoms with Crippen molar-refractivity contribution in [3.8, 4) is 11.5 Å². The Morgan fingerprint density at radius 3 is 2.29 bits per heavy atom. The third-order valence-corrected chi connectivity index (χ3v) is 6.40. The number of aromatic hydroxyl groups is 1. The normalized spacial score (nSPS) is 17.3. The average Bonchev–Trinajstić information content (AvgIpc) is 3.10. The zero-order chi connectivity index (χ0) is 25.4. The van der Waals surface area contributed by atoms with Crippen LogP contribution >= 0.6 is 0 Å². The van der Waals surface area contributed by atoms with Gasteiger partial charge in [0.05, 0.1) is 18.7 Å². The molecule has 35 heavy (non-hydrogen) atoms. The fourth-order valence-electron chi connectivity index (χ4n) is 4.52. The molecule has 6 heteroatoms. The number of phenols is 1. The van der Waals surface area contributed by atoms with Gasteiger partial charge in [0.25, 0.3) is 11.7 Å². The van der Waals surface area contributed by atoms with E-state index in [-0.39, 0.29) is 23.0 Å². The van der Waals surface area contributed by atoms with Crippen LogP contribution in [0.4, 0.5) is 5.69 Å². The van der Waals surface area contributed by atoms with E-state index >= 15 is 0 Å². The van der Waals surface area contributed by atoms with E-state index in [2.05, 4.69) is 0 Å². The lowest BCUT2D eigenvalue weighted by Gasteiger charge is -2.27. The van der Waals surface area contributed by atoms with Gasteiger partial charge < -0.3 is 14.9 Å². The number of Topliss-reactive ketones (excluding diaryl/α,β-unsaturated/α-hetero) is 1. The molecule has 1 aliphatic rings. The molecule has 1 unspecified atom stereocenters.